The number of hydrogen-bond donors (Lipinski definition) is 1. The molecule has 1 aromatic heterocycles. The smallest absolute Gasteiger partial charge is 0.106 e. The first-order valence-electron chi connectivity index (χ1n) is 3.68. The van der Waals surface area contributed by atoms with Crippen molar-refractivity contribution in [2.75, 3.05) is 13.1 Å². The Morgan fingerprint density at radius 2 is 2.36 bits per heavy atom. The van der Waals surface area contributed by atoms with E-state index in [9.17, 15) is 0 Å². The van der Waals surface area contributed by atoms with Gasteiger partial charge < -0.3 is 5.32 Å². The van der Waals surface area contributed by atoms with Crippen molar-refractivity contribution < 1.29 is 0 Å². The molecular formula is C8H9BrN2. The van der Waals surface area contributed by atoms with Gasteiger partial charge >= 0.3 is 0 Å². The third kappa shape index (κ3) is 1.44. The maximum absolute atomic E-state index is 4.08. The molecule has 0 unspecified atom stereocenters. The Morgan fingerprint density at radius 3 is 2.91 bits per heavy atom. The predicted molar refractivity (Wildman–Crippen MR) is 47.5 cm³/mol. The summed E-state index contributed by atoms with van der Waals surface area (Å²) in [6.45, 7) is 2.22. The standard InChI is InChI=1S/C8H9BrN2/c9-8-3-6(1-2-11-8)7-4-10-5-7/h1-3,7,10H,4-5H2. The number of nitrogens with one attached hydrogen (secondary N) is 1. The molecule has 1 aliphatic rings. The second-order valence-electron chi connectivity index (χ2n) is 2.77. The number of halogens is 1. The van der Waals surface area contributed by atoms with Gasteiger partial charge in [0.15, 0.2) is 0 Å². The Morgan fingerprint density at radius 1 is 1.55 bits per heavy atom. The van der Waals surface area contributed by atoms with Gasteiger partial charge in [-0.05, 0) is 33.6 Å². The molecule has 1 saturated heterocycles. The van der Waals surface area contributed by atoms with Gasteiger partial charge in [0.25, 0.3) is 0 Å². The number of aromatic nitrogens is 1. The summed E-state index contributed by atoms with van der Waals surface area (Å²) < 4.78 is 0.932. The Balaban J connectivity index is 2.23. The minimum absolute atomic E-state index is 0.703. The van der Waals surface area contributed by atoms with Crippen LogP contribution in [0.1, 0.15) is 11.5 Å². The molecule has 58 valence electrons. The van der Waals surface area contributed by atoms with E-state index in [0.29, 0.717) is 5.92 Å². The van der Waals surface area contributed by atoms with Crippen LogP contribution in [0.5, 0.6) is 0 Å². The summed E-state index contributed by atoms with van der Waals surface area (Å²) in [5.74, 6) is 0.703. The highest BCUT2D eigenvalue weighted by molar-refractivity contribution is 9.10. The first-order valence-corrected chi connectivity index (χ1v) is 4.48. The van der Waals surface area contributed by atoms with E-state index in [2.05, 4.69) is 38.4 Å². The van der Waals surface area contributed by atoms with Gasteiger partial charge in [-0.25, -0.2) is 4.98 Å². The van der Waals surface area contributed by atoms with Gasteiger partial charge in [-0.3, -0.25) is 0 Å². The van der Waals surface area contributed by atoms with Crippen LogP contribution in [0, 0.1) is 0 Å². The second kappa shape index (κ2) is 2.91. The zero-order valence-corrected chi connectivity index (χ0v) is 7.63. The Kier molecular flexibility index (Phi) is 1.92. The minimum atomic E-state index is 0.703. The van der Waals surface area contributed by atoms with Crippen molar-refractivity contribution in [1.82, 2.24) is 10.3 Å². The lowest BCUT2D eigenvalue weighted by Crippen LogP contribution is -2.39. The highest BCUT2D eigenvalue weighted by atomic mass is 79.9. The topological polar surface area (TPSA) is 24.9 Å². The van der Waals surface area contributed by atoms with Gasteiger partial charge in [0.05, 0.1) is 0 Å². The Labute approximate surface area is 74.2 Å². The largest absolute Gasteiger partial charge is 0.315 e. The van der Waals surface area contributed by atoms with Crippen LogP contribution in [0.15, 0.2) is 22.9 Å². The molecular weight excluding hydrogens is 204 g/mol. The summed E-state index contributed by atoms with van der Waals surface area (Å²) in [4.78, 5) is 4.08. The van der Waals surface area contributed by atoms with Gasteiger partial charge in [0, 0.05) is 25.2 Å². The van der Waals surface area contributed by atoms with Crippen LogP contribution in [0.25, 0.3) is 0 Å². The maximum atomic E-state index is 4.08. The fourth-order valence-corrected chi connectivity index (χ4v) is 1.58. The molecule has 0 aliphatic carbocycles. The molecule has 11 heavy (non-hydrogen) atoms. The lowest BCUT2D eigenvalue weighted by atomic mass is 9.95. The molecule has 2 heterocycles. The van der Waals surface area contributed by atoms with Gasteiger partial charge in [-0.2, -0.15) is 0 Å². The highest BCUT2D eigenvalue weighted by Gasteiger charge is 2.18. The van der Waals surface area contributed by atoms with Gasteiger partial charge in [0.1, 0.15) is 4.60 Å². The molecule has 0 bridgehead atoms. The van der Waals surface area contributed by atoms with Crippen molar-refractivity contribution in [3.05, 3.63) is 28.5 Å². The van der Waals surface area contributed by atoms with Crippen molar-refractivity contribution in [3.8, 4) is 0 Å². The molecule has 2 rings (SSSR count). The molecule has 0 aromatic carbocycles. The monoisotopic (exact) mass is 212 g/mol. The van der Waals surface area contributed by atoms with E-state index in [1.54, 1.807) is 0 Å². The molecule has 1 aliphatic heterocycles. The minimum Gasteiger partial charge on any atom is -0.315 e. The maximum Gasteiger partial charge on any atom is 0.106 e. The van der Waals surface area contributed by atoms with E-state index in [0.717, 1.165) is 17.7 Å². The quantitative estimate of drug-likeness (QED) is 0.715. The van der Waals surface area contributed by atoms with Crippen molar-refractivity contribution in [2.24, 2.45) is 0 Å². The first kappa shape index (κ1) is 7.25. The van der Waals surface area contributed by atoms with E-state index in [1.165, 1.54) is 5.56 Å². The Hall–Kier alpha value is -0.410. The highest BCUT2D eigenvalue weighted by Crippen LogP contribution is 2.20. The zero-order valence-electron chi connectivity index (χ0n) is 6.05. The normalized spacial score (nSPS) is 17.9. The lowest BCUT2D eigenvalue weighted by molar-refractivity contribution is 0.448. The average molecular weight is 213 g/mol. The zero-order chi connectivity index (χ0) is 7.68. The summed E-state index contributed by atoms with van der Waals surface area (Å²) in [5, 5.41) is 3.24. The van der Waals surface area contributed by atoms with Crippen LogP contribution in [-0.4, -0.2) is 18.1 Å². The van der Waals surface area contributed by atoms with Crippen LogP contribution in [-0.2, 0) is 0 Å². The summed E-state index contributed by atoms with van der Waals surface area (Å²) in [7, 11) is 0. The van der Waals surface area contributed by atoms with E-state index >= 15 is 0 Å². The van der Waals surface area contributed by atoms with E-state index < -0.39 is 0 Å². The number of pyridine rings is 1. The van der Waals surface area contributed by atoms with Crippen LogP contribution < -0.4 is 5.32 Å². The summed E-state index contributed by atoms with van der Waals surface area (Å²) in [6.07, 6.45) is 1.84. The molecule has 3 heteroatoms. The van der Waals surface area contributed by atoms with Crippen molar-refractivity contribution >= 4 is 15.9 Å². The second-order valence-corrected chi connectivity index (χ2v) is 3.58. The van der Waals surface area contributed by atoms with Gasteiger partial charge in [-0.1, -0.05) is 0 Å². The molecule has 1 N–H and O–H groups in total. The van der Waals surface area contributed by atoms with E-state index in [-0.39, 0.29) is 0 Å². The third-order valence-electron chi connectivity index (χ3n) is 2.00. The fraction of sp³-hybridized carbons (Fsp3) is 0.375. The van der Waals surface area contributed by atoms with Crippen molar-refractivity contribution in [1.29, 1.82) is 0 Å². The van der Waals surface area contributed by atoms with Gasteiger partial charge in [0.2, 0.25) is 0 Å². The first-order chi connectivity index (χ1) is 5.36. The fourth-order valence-electron chi connectivity index (χ4n) is 1.20. The van der Waals surface area contributed by atoms with Gasteiger partial charge in [-0.15, -0.1) is 0 Å². The Bertz CT molecular complexity index is 258. The number of rotatable bonds is 1. The lowest BCUT2D eigenvalue weighted by Gasteiger charge is -2.27. The summed E-state index contributed by atoms with van der Waals surface area (Å²) >= 11 is 3.35. The molecule has 1 aromatic rings. The SMILES string of the molecule is Brc1cc(C2CNC2)ccn1. The molecule has 1 fully saturated rings. The molecule has 2 nitrogen and oxygen atoms in total. The number of nitrogens with zero attached hydrogens (tertiary/aromatic N) is 1. The van der Waals surface area contributed by atoms with Crippen LogP contribution >= 0.6 is 15.9 Å². The van der Waals surface area contributed by atoms with Crippen LogP contribution in [0.2, 0.25) is 0 Å². The third-order valence-corrected chi connectivity index (χ3v) is 2.44. The average Bonchev–Trinajstić information content (AvgIpc) is 1.83. The van der Waals surface area contributed by atoms with Crippen molar-refractivity contribution in [3.63, 3.8) is 0 Å². The molecule has 0 saturated carbocycles. The van der Waals surface area contributed by atoms with Crippen molar-refractivity contribution in [2.45, 2.75) is 5.92 Å². The van der Waals surface area contributed by atoms with E-state index in [4.69, 9.17) is 0 Å². The molecule has 0 radical (unpaired) electrons. The summed E-state index contributed by atoms with van der Waals surface area (Å²) in [6, 6.07) is 4.17. The number of hydrogen-bond acceptors (Lipinski definition) is 2. The molecule has 0 spiro atoms. The summed E-state index contributed by atoms with van der Waals surface area (Å²) in [5.41, 5.74) is 1.38. The van der Waals surface area contributed by atoms with Crippen LogP contribution in [0.3, 0.4) is 0 Å². The predicted octanol–water partition coefficient (Wildman–Crippen LogP) is 1.53. The van der Waals surface area contributed by atoms with E-state index in [1.807, 2.05) is 6.20 Å². The van der Waals surface area contributed by atoms with Crippen LogP contribution in [0.4, 0.5) is 0 Å². The molecule has 0 atom stereocenters. The molecule has 0 amide bonds.